The summed E-state index contributed by atoms with van der Waals surface area (Å²) < 4.78 is 6.14. The number of hydrogen-bond acceptors (Lipinski definition) is 4. The average Bonchev–Trinajstić information content (AvgIpc) is 2.61. The molecule has 2 rings (SSSR count). The molecule has 4 heteroatoms. The fourth-order valence-corrected chi connectivity index (χ4v) is 2.94. The van der Waals surface area contributed by atoms with E-state index in [0.29, 0.717) is 5.57 Å². The highest BCUT2D eigenvalue weighted by molar-refractivity contribution is 5.82. The Morgan fingerprint density at radius 3 is 2.36 bits per heavy atom. The Morgan fingerprint density at radius 2 is 1.88 bits per heavy atom. The molecule has 1 aromatic rings. The third-order valence-electron chi connectivity index (χ3n) is 4.31. The van der Waals surface area contributed by atoms with Gasteiger partial charge in [-0.05, 0) is 56.7 Å². The molecule has 1 aliphatic rings. The Labute approximate surface area is 150 Å². The molecule has 1 heterocycles. The molecule has 25 heavy (non-hydrogen) atoms. The van der Waals surface area contributed by atoms with Crippen LogP contribution in [0.15, 0.2) is 71.7 Å². The van der Waals surface area contributed by atoms with Crippen LogP contribution >= 0.6 is 0 Å². The molecule has 1 aromatic carbocycles. The molecule has 0 N–H and O–H groups in total. The minimum absolute atomic E-state index is 0.234. The first-order valence-electron chi connectivity index (χ1n) is 8.33. The summed E-state index contributed by atoms with van der Waals surface area (Å²) >= 11 is 0. The zero-order chi connectivity index (χ0) is 18.6. The van der Waals surface area contributed by atoms with Gasteiger partial charge in [0.2, 0.25) is 0 Å². The summed E-state index contributed by atoms with van der Waals surface area (Å²) in [5, 5.41) is 0. The standard InChI is InChI=1S/C21H26N2O2/c1-7-18-13-17(14-24)15(3)21(23(18)8-2)16(4)25-20-11-9-19(10-12-20)22(5)6/h7-14,16H,2H2,1,3-6H3/b18-7-. The molecule has 0 bridgehead atoms. The fraction of sp³-hybridized carbons (Fsp3) is 0.286. The van der Waals surface area contributed by atoms with E-state index in [2.05, 4.69) is 6.58 Å². The van der Waals surface area contributed by atoms with E-state index in [1.54, 1.807) is 6.20 Å². The SMILES string of the molecule is C=CN1C(C(C)Oc2ccc(N(C)C)cc2)=C(C)C(C=O)=C/C1=C/C. The molecule has 4 nitrogen and oxygen atoms in total. The van der Waals surface area contributed by atoms with E-state index in [9.17, 15) is 4.79 Å². The number of ether oxygens (including phenoxy) is 1. The Kier molecular flexibility index (Phi) is 5.86. The molecule has 0 aromatic heterocycles. The first-order valence-corrected chi connectivity index (χ1v) is 8.33. The molecule has 132 valence electrons. The van der Waals surface area contributed by atoms with Crippen LogP contribution in [0.4, 0.5) is 5.69 Å². The molecule has 1 aliphatic heterocycles. The molecule has 0 amide bonds. The van der Waals surface area contributed by atoms with Crippen molar-refractivity contribution in [3.63, 3.8) is 0 Å². The highest BCUT2D eigenvalue weighted by Gasteiger charge is 2.26. The lowest BCUT2D eigenvalue weighted by molar-refractivity contribution is -0.104. The third kappa shape index (κ3) is 3.85. The summed E-state index contributed by atoms with van der Waals surface area (Å²) in [6.07, 6.45) is 6.23. The maximum absolute atomic E-state index is 11.4. The first kappa shape index (κ1) is 18.6. The Balaban J connectivity index is 2.34. The third-order valence-corrected chi connectivity index (χ3v) is 4.31. The van der Waals surface area contributed by atoms with Crippen molar-refractivity contribution in [2.45, 2.75) is 26.9 Å². The van der Waals surface area contributed by atoms with Crippen LogP contribution in [0, 0.1) is 0 Å². The van der Waals surface area contributed by atoms with E-state index in [1.807, 2.05) is 81.1 Å². The number of rotatable bonds is 6. The van der Waals surface area contributed by atoms with Gasteiger partial charge in [-0.2, -0.15) is 0 Å². The number of carbonyl (C=O) groups is 1. The predicted molar refractivity (Wildman–Crippen MR) is 103 cm³/mol. The molecule has 0 radical (unpaired) electrons. The summed E-state index contributed by atoms with van der Waals surface area (Å²) in [5.41, 5.74) is 4.51. The fourth-order valence-electron chi connectivity index (χ4n) is 2.94. The molecule has 0 aliphatic carbocycles. The molecule has 0 saturated carbocycles. The van der Waals surface area contributed by atoms with E-state index in [4.69, 9.17) is 4.74 Å². The van der Waals surface area contributed by atoms with E-state index >= 15 is 0 Å². The highest BCUT2D eigenvalue weighted by Crippen LogP contribution is 2.32. The van der Waals surface area contributed by atoms with E-state index < -0.39 is 0 Å². The second-order valence-corrected chi connectivity index (χ2v) is 6.14. The molecule has 0 fully saturated rings. The molecular formula is C21H26N2O2. The lowest BCUT2D eigenvalue weighted by Crippen LogP contribution is -2.31. The smallest absolute Gasteiger partial charge is 0.150 e. The monoisotopic (exact) mass is 338 g/mol. The quantitative estimate of drug-likeness (QED) is 0.725. The van der Waals surface area contributed by atoms with Gasteiger partial charge in [0.1, 0.15) is 18.1 Å². The molecule has 0 saturated heterocycles. The van der Waals surface area contributed by atoms with Crippen LogP contribution in [0.1, 0.15) is 20.8 Å². The van der Waals surface area contributed by atoms with Crippen LogP contribution in [0.2, 0.25) is 0 Å². The second-order valence-electron chi connectivity index (χ2n) is 6.14. The van der Waals surface area contributed by atoms with Crippen molar-refractivity contribution in [3.8, 4) is 5.75 Å². The summed E-state index contributed by atoms with van der Waals surface area (Å²) in [6, 6.07) is 7.94. The summed E-state index contributed by atoms with van der Waals surface area (Å²) in [7, 11) is 4.01. The van der Waals surface area contributed by atoms with Crippen molar-refractivity contribution in [2.24, 2.45) is 0 Å². The van der Waals surface area contributed by atoms with Crippen molar-refractivity contribution in [1.29, 1.82) is 0 Å². The molecule has 0 spiro atoms. The van der Waals surface area contributed by atoms with Crippen LogP contribution in [0.5, 0.6) is 5.75 Å². The van der Waals surface area contributed by atoms with Gasteiger partial charge in [0.15, 0.2) is 0 Å². The number of hydrogen-bond donors (Lipinski definition) is 0. The van der Waals surface area contributed by atoms with Crippen LogP contribution in [-0.2, 0) is 4.79 Å². The normalized spacial score (nSPS) is 17.2. The lowest BCUT2D eigenvalue weighted by Gasteiger charge is -2.34. The maximum atomic E-state index is 11.4. The van der Waals surface area contributed by atoms with Crippen molar-refractivity contribution < 1.29 is 9.53 Å². The highest BCUT2D eigenvalue weighted by atomic mass is 16.5. The van der Waals surface area contributed by atoms with Gasteiger partial charge in [-0.25, -0.2) is 0 Å². The Bertz CT molecular complexity index is 740. The minimum Gasteiger partial charge on any atom is -0.484 e. The summed E-state index contributed by atoms with van der Waals surface area (Å²) in [4.78, 5) is 15.5. The zero-order valence-corrected chi connectivity index (χ0v) is 15.6. The van der Waals surface area contributed by atoms with Crippen molar-refractivity contribution in [2.75, 3.05) is 19.0 Å². The van der Waals surface area contributed by atoms with Crippen LogP contribution in [0.25, 0.3) is 0 Å². The topological polar surface area (TPSA) is 32.8 Å². The Hall–Kier alpha value is -2.75. The van der Waals surface area contributed by atoms with Gasteiger partial charge in [-0.1, -0.05) is 12.7 Å². The minimum atomic E-state index is -0.234. The number of carbonyl (C=O) groups excluding carboxylic acids is 1. The van der Waals surface area contributed by atoms with E-state index in [0.717, 1.165) is 34.7 Å². The van der Waals surface area contributed by atoms with Gasteiger partial charge in [0.25, 0.3) is 0 Å². The number of allylic oxidation sites excluding steroid dienone is 4. The van der Waals surface area contributed by atoms with Gasteiger partial charge in [0, 0.05) is 37.3 Å². The number of anilines is 1. The largest absolute Gasteiger partial charge is 0.484 e. The van der Waals surface area contributed by atoms with Crippen molar-refractivity contribution in [3.05, 3.63) is 71.7 Å². The van der Waals surface area contributed by atoms with Crippen molar-refractivity contribution in [1.82, 2.24) is 4.90 Å². The van der Waals surface area contributed by atoms with E-state index in [1.165, 1.54) is 0 Å². The average molecular weight is 338 g/mol. The van der Waals surface area contributed by atoms with Gasteiger partial charge >= 0.3 is 0 Å². The number of aldehydes is 1. The molecular weight excluding hydrogens is 312 g/mol. The predicted octanol–water partition coefficient (Wildman–Crippen LogP) is 4.28. The van der Waals surface area contributed by atoms with Gasteiger partial charge < -0.3 is 14.5 Å². The van der Waals surface area contributed by atoms with Gasteiger partial charge in [-0.3, -0.25) is 4.79 Å². The molecule has 1 atom stereocenters. The summed E-state index contributed by atoms with van der Waals surface area (Å²) in [5.74, 6) is 0.784. The van der Waals surface area contributed by atoms with Crippen LogP contribution < -0.4 is 9.64 Å². The van der Waals surface area contributed by atoms with Crippen LogP contribution in [-0.4, -0.2) is 31.4 Å². The molecule has 1 unspecified atom stereocenters. The van der Waals surface area contributed by atoms with Gasteiger partial charge in [0.05, 0.1) is 5.70 Å². The summed E-state index contributed by atoms with van der Waals surface area (Å²) in [6.45, 7) is 9.77. The first-order chi connectivity index (χ1) is 11.9. The van der Waals surface area contributed by atoms with E-state index in [-0.39, 0.29) is 6.10 Å². The number of nitrogens with zero attached hydrogens (tertiary/aromatic N) is 2. The van der Waals surface area contributed by atoms with Crippen molar-refractivity contribution >= 4 is 12.0 Å². The maximum Gasteiger partial charge on any atom is 0.150 e. The Morgan fingerprint density at radius 1 is 1.24 bits per heavy atom. The lowest BCUT2D eigenvalue weighted by atomic mass is 9.97. The number of benzene rings is 1. The second kappa shape index (κ2) is 7.88. The zero-order valence-electron chi connectivity index (χ0n) is 15.6. The van der Waals surface area contributed by atoms with Crippen LogP contribution in [0.3, 0.4) is 0 Å². The van der Waals surface area contributed by atoms with Gasteiger partial charge in [-0.15, -0.1) is 0 Å².